The van der Waals surface area contributed by atoms with Gasteiger partial charge in [-0.25, -0.2) is 8.42 Å². The molecule has 0 amide bonds. The van der Waals surface area contributed by atoms with Crippen LogP contribution in [0.4, 0.5) is 22.7 Å². The number of benzene rings is 3. The van der Waals surface area contributed by atoms with E-state index in [2.05, 4.69) is 20.5 Å². The first-order chi connectivity index (χ1) is 14.9. The quantitative estimate of drug-likeness (QED) is 0.289. The van der Waals surface area contributed by atoms with Crippen molar-refractivity contribution in [1.29, 1.82) is 0 Å². The summed E-state index contributed by atoms with van der Waals surface area (Å²) in [5.74, 6) is 1.19. The largest absolute Gasteiger partial charge is 1.00 e. The van der Waals surface area contributed by atoms with E-state index in [0.29, 0.717) is 29.4 Å². The van der Waals surface area contributed by atoms with Crippen LogP contribution in [0.15, 0.2) is 92.1 Å². The second kappa shape index (κ2) is 11.8. The van der Waals surface area contributed by atoms with Crippen molar-refractivity contribution in [2.75, 3.05) is 13.7 Å². The van der Waals surface area contributed by atoms with Gasteiger partial charge in [0.15, 0.2) is 0 Å². The standard InChI is InChI=1S/C21H20N4O5S.Na/c1-3-30-18-10-7-15(8-11-18)22-25-20-12-9-17(14-21(20)29-2)24-23-16-5-4-6-19(13-16)31(26,27)28;/h4-14H,3H2,1-2H3,(H,26,27,28);/q;+1/p-1. The molecule has 0 saturated heterocycles. The molecule has 0 heterocycles. The predicted octanol–water partition coefficient (Wildman–Crippen LogP) is 2.83. The molecule has 0 saturated carbocycles. The van der Waals surface area contributed by atoms with Crippen molar-refractivity contribution >= 4 is 32.9 Å². The van der Waals surface area contributed by atoms with Crippen LogP contribution in [0.25, 0.3) is 0 Å². The topological polar surface area (TPSA) is 125 Å². The molecule has 3 rings (SSSR count). The summed E-state index contributed by atoms with van der Waals surface area (Å²) in [6.45, 7) is 2.50. The van der Waals surface area contributed by atoms with E-state index in [1.54, 1.807) is 30.3 Å². The fourth-order valence-electron chi connectivity index (χ4n) is 2.52. The van der Waals surface area contributed by atoms with Crippen LogP contribution >= 0.6 is 0 Å². The summed E-state index contributed by atoms with van der Waals surface area (Å²) in [7, 11) is -3.07. The summed E-state index contributed by atoms with van der Waals surface area (Å²) in [6, 6.07) is 17.5. The number of nitrogens with zero attached hydrogens (tertiary/aromatic N) is 4. The molecule has 160 valence electrons. The molecule has 0 fully saturated rings. The molecular weight excluding hydrogens is 443 g/mol. The van der Waals surface area contributed by atoms with Crippen molar-refractivity contribution in [3.63, 3.8) is 0 Å². The maximum absolute atomic E-state index is 11.1. The van der Waals surface area contributed by atoms with Gasteiger partial charge in [0.25, 0.3) is 0 Å². The van der Waals surface area contributed by atoms with Gasteiger partial charge >= 0.3 is 29.6 Å². The van der Waals surface area contributed by atoms with Gasteiger partial charge in [-0.2, -0.15) is 15.3 Å². The smallest absolute Gasteiger partial charge is 0.744 e. The molecule has 0 unspecified atom stereocenters. The van der Waals surface area contributed by atoms with E-state index in [1.165, 1.54) is 25.3 Å². The van der Waals surface area contributed by atoms with Crippen LogP contribution in [0.3, 0.4) is 0 Å². The van der Waals surface area contributed by atoms with Gasteiger partial charge < -0.3 is 14.0 Å². The number of methoxy groups -OCH3 is 1. The Balaban J connectivity index is 0.00000363. The molecule has 11 heteroatoms. The average molecular weight is 462 g/mol. The van der Waals surface area contributed by atoms with Gasteiger partial charge in [-0.15, -0.1) is 5.11 Å². The number of ether oxygens (including phenoxy) is 2. The van der Waals surface area contributed by atoms with E-state index < -0.39 is 10.1 Å². The van der Waals surface area contributed by atoms with Crippen LogP contribution in [0, 0.1) is 0 Å². The minimum absolute atomic E-state index is 0. The SMILES string of the molecule is CCOc1ccc(N=Nc2ccc(N=Nc3cccc(S(=O)(=O)[O-])c3)cc2OC)cc1.[Na+]. The Bertz CT molecular complexity index is 1220. The van der Waals surface area contributed by atoms with Crippen LogP contribution < -0.4 is 39.0 Å². The molecule has 0 atom stereocenters. The van der Waals surface area contributed by atoms with E-state index in [9.17, 15) is 13.0 Å². The van der Waals surface area contributed by atoms with Gasteiger partial charge in [0.1, 0.15) is 27.3 Å². The van der Waals surface area contributed by atoms with Gasteiger partial charge in [-0.1, -0.05) is 6.07 Å². The maximum atomic E-state index is 11.1. The van der Waals surface area contributed by atoms with Crippen LogP contribution in [0.2, 0.25) is 0 Å². The minimum Gasteiger partial charge on any atom is -0.744 e. The number of azo groups is 2. The summed E-state index contributed by atoms with van der Waals surface area (Å²) in [5, 5.41) is 16.4. The zero-order valence-corrected chi connectivity index (χ0v) is 20.6. The monoisotopic (exact) mass is 462 g/mol. The Kier molecular flexibility index (Phi) is 9.48. The second-order valence-corrected chi connectivity index (χ2v) is 7.51. The first-order valence-electron chi connectivity index (χ1n) is 9.19. The van der Waals surface area contributed by atoms with Crippen LogP contribution in [0.5, 0.6) is 11.5 Å². The summed E-state index contributed by atoms with van der Waals surface area (Å²) in [4.78, 5) is -0.369. The van der Waals surface area contributed by atoms with Crippen LogP contribution in [-0.2, 0) is 10.1 Å². The molecule has 3 aromatic carbocycles. The van der Waals surface area contributed by atoms with E-state index in [1.807, 2.05) is 19.1 Å². The Morgan fingerprint density at radius 1 is 0.844 bits per heavy atom. The molecule has 0 aliphatic rings. The summed E-state index contributed by atoms with van der Waals surface area (Å²) in [6.07, 6.45) is 0. The van der Waals surface area contributed by atoms with E-state index >= 15 is 0 Å². The Labute approximate surface area is 208 Å². The maximum Gasteiger partial charge on any atom is 1.00 e. The molecule has 0 N–H and O–H groups in total. The van der Waals surface area contributed by atoms with E-state index in [0.717, 1.165) is 11.8 Å². The van der Waals surface area contributed by atoms with Crippen LogP contribution in [-0.4, -0.2) is 26.7 Å². The zero-order valence-electron chi connectivity index (χ0n) is 17.8. The Morgan fingerprint density at radius 3 is 2.09 bits per heavy atom. The van der Waals surface area contributed by atoms with Crippen molar-refractivity contribution in [3.05, 3.63) is 66.7 Å². The normalized spacial score (nSPS) is 11.5. The van der Waals surface area contributed by atoms with E-state index in [-0.39, 0.29) is 40.1 Å². The predicted molar refractivity (Wildman–Crippen MR) is 113 cm³/mol. The zero-order chi connectivity index (χ0) is 22.3. The fraction of sp³-hybridized carbons (Fsp3) is 0.143. The fourth-order valence-corrected chi connectivity index (χ4v) is 3.03. The molecule has 0 aromatic heterocycles. The van der Waals surface area contributed by atoms with Crippen molar-refractivity contribution in [3.8, 4) is 11.5 Å². The molecule has 0 bridgehead atoms. The summed E-state index contributed by atoms with van der Waals surface area (Å²) >= 11 is 0. The molecular formula is C21H19N4NaO5S. The molecule has 0 radical (unpaired) electrons. The number of hydrogen-bond acceptors (Lipinski definition) is 9. The van der Waals surface area contributed by atoms with Crippen molar-refractivity contribution in [1.82, 2.24) is 0 Å². The Morgan fingerprint density at radius 2 is 1.47 bits per heavy atom. The molecule has 32 heavy (non-hydrogen) atoms. The molecule has 3 aromatic rings. The summed E-state index contributed by atoms with van der Waals surface area (Å²) in [5.41, 5.74) is 1.83. The third kappa shape index (κ3) is 7.21. The number of rotatable bonds is 8. The molecule has 0 aliphatic carbocycles. The molecule has 0 spiro atoms. The van der Waals surface area contributed by atoms with Gasteiger partial charge in [-0.3, -0.25) is 0 Å². The first-order valence-corrected chi connectivity index (χ1v) is 10.6. The van der Waals surface area contributed by atoms with Gasteiger partial charge in [0.2, 0.25) is 0 Å². The minimum atomic E-state index is -4.56. The third-order valence-corrected chi connectivity index (χ3v) is 4.80. The van der Waals surface area contributed by atoms with Crippen molar-refractivity contribution in [2.24, 2.45) is 20.5 Å². The van der Waals surface area contributed by atoms with Gasteiger partial charge in [0, 0.05) is 6.07 Å². The van der Waals surface area contributed by atoms with Crippen molar-refractivity contribution in [2.45, 2.75) is 11.8 Å². The van der Waals surface area contributed by atoms with Gasteiger partial charge in [-0.05, 0) is 61.5 Å². The molecule has 9 nitrogen and oxygen atoms in total. The third-order valence-electron chi connectivity index (χ3n) is 3.97. The van der Waals surface area contributed by atoms with Crippen LogP contribution in [0.1, 0.15) is 6.92 Å². The average Bonchev–Trinajstić information content (AvgIpc) is 2.77. The molecule has 0 aliphatic heterocycles. The second-order valence-electron chi connectivity index (χ2n) is 6.13. The van der Waals surface area contributed by atoms with Gasteiger partial charge in [0.05, 0.1) is 35.7 Å². The van der Waals surface area contributed by atoms with E-state index in [4.69, 9.17) is 9.47 Å². The van der Waals surface area contributed by atoms with Crippen molar-refractivity contribution < 1.29 is 52.0 Å². The number of hydrogen-bond donors (Lipinski definition) is 0. The Hall–Kier alpha value is -2.63. The summed E-state index contributed by atoms with van der Waals surface area (Å²) < 4.78 is 44.1. The first kappa shape index (κ1) is 25.6.